The highest BCUT2D eigenvalue weighted by Gasteiger charge is 2.20. The van der Waals surface area contributed by atoms with Crippen LogP contribution in [0, 0.1) is 5.92 Å². The van der Waals surface area contributed by atoms with Crippen LogP contribution in [0.5, 0.6) is 5.75 Å². The molecule has 0 radical (unpaired) electrons. The van der Waals surface area contributed by atoms with E-state index >= 15 is 0 Å². The fraction of sp³-hybridized carbons (Fsp3) is 0.667. The first kappa shape index (κ1) is 12.1. The zero-order valence-corrected chi connectivity index (χ0v) is 10.4. The molecule has 1 fully saturated rings. The molecule has 1 aromatic heterocycles. The van der Waals surface area contributed by atoms with E-state index in [-0.39, 0.29) is 5.78 Å². The number of carbonyl (C=O) groups excluding carboxylic acids is 1. The molecule has 2 rings (SSSR count). The fourth-order valence-electron chi connectivity index (χ4n) is 2.30. The summed E-state index contributed by atoms with van der Waals surface area (Å²) in [5, 5.41) is 7.36. The van der Waals surface area contributed by atoms with Crippen molar-refractivity contribution >= 4 is 5.78 Å². The van der Waals surface area contributed by atoms with E-state index < -0.39 is 0 Å². The summed E-state index contributed by atoms with van der Waals surface area (Å²) < 4.78 is 6.73. The monoisotopic (exact) mass is 237 g/mol. The van der Waals surface area contributed by atoms with Crippen LogP contribution in [0.4, 0.5) is 0 Å². The van der Waals surface area contributed by atoms with Crippen LogP contribution < -0.4 is 10.1 Å². The Kier molecular flexibility index (Phi) is 3.78. The summed E-state index contributed by atoms with van der Waals surface area (Å²) in [5.74, 6) is 1.33. The molecule has 94 valence electrons. The van der Waals surface area contributed by atoms with Gasteiger partial charge in [0.15, 0.2) is 11.5 Å². The zero-order valence-electron chi connectivity index (χ0n) is 10.4. The van der Waals surface area contributed by atoms with Gasteiger partial charge in [0, 0.05) is 13.5 Å². The van der Waals surface area contributed by atoms with Gasteiger partial charge in [0.25, 0.3) is 0 Å². The van der Waals surface area contributed by atoms with Crippen LogP contribution in [0.2, 0.25) is 0 Å². The summed E-state index contributed by atoms with van der Waals surface area (Å²) in [7, 11) is 3.33. The maximum atomic E-state index is 12.1. The predicted octanol–water partition coefficient (Wildman–Crippen LogP) is 1.00. The molecule has 0 aliphatic carbocycles. The summed E-state index contributed by atoms with van der Waals surface area (Å²) in [6.07, 6.45) is 4.28. The van der Waals surface area contributed by atoms with Gasteiger partial charge in [-0.25, -0.2) is 0 Å². The van der Waals surface area contributed by atoms with Crippen molar-refractivity contribution < 1.29 is 9.53 Å². The summed E-state index contributed by atoms with van der Waals surface area (Å²) in [6.45, 7) is 2.11. The third-order valence-electron chi connectivity index (χ3n) is 3.33. The van der Waals surface area contributed by atoms with Crippen LogP contribution in [0.15, 0.2) is 6.20 Å². The Labute approximate surface area is 101 Å². The number of aromatic nitrogens is 2. The van der Waals surface area contributed by atoms with E-state index in [1.807, 2.05) is 0 Å². The average Bonchev–Trinajstić information content (AvgIpc) is 2.94. The highest BCUT2D eigenvalue weighted by Crippen LogP contribution is 2.21. The standard InChI is InChI=1S/C12H19N3O2/c1-15-12(11(17-2)8-14-15)10(16)4-3-9-5-6-13-7-9/h8-9,13H,3-7H2,1-2H3. The molecule has 0 bridgehead atoms. The number of nitrogens with one attached hydrogen (secondary N) is 1. The Morgan fingerprint density at radius 2 is 2.53 bits per heavy atom. The number of methoxy groups -OCH3 is 1. The van der Waals surface area contributed by atoms with E-state index in [0.29, 0.717) is 23.8 Å². The topological polar surface area (TPSA) is 56.2 Å². The Hall–Kier alpha value is -1.36. The molecule has 1 unspecified atom stereocenters. The molecule has 0 amide bonds. The lowest BCUT2D eigenvalue weighted by Gasteiger charge is -2.08. The van der Waals surface area contributed by atoms with Crippen LogP contribution in [-0.2, 0) is 7.05 Å². The number of rotatable bonds is 5. The maximum Gasteiger partial charge on any atom is 0.184 e. The molecular weight excluding hydrogens is 218 g/mol. The average molecular weight is 237 g/mol. The smallest absolute Gasteiger partial charge is 0.184 e. The summed E-state index contributed by atoms with van der Waals surface area (Å²) in [4.78, 5) is 12.1. The molecule has 5 nitrogen and oxygen atoms in total. The molecule has 5 heteroatoms. The summed E-state index contributed by atoms with van der Waals surface area (Å²) >= 11 is 0. The molecule has 2 heterocycles. The van der Waals surface area contributed by atoms with Gasteiger partial charge in [-0.3, -0.25) is 9.48 Å². The molecule has 1 N–H and O–H groups in total. The number of Topliss-reactive ketones (excluding diaryl/α,β-unsaturated/α-hetero) is 1. The van der Waals surface area contributed by atoms with Crippen molar-refractivity contribution in [1.29, 1.82) is 0 Å². The van der Waals surface area contributed by atoms with Crippen LogP contribution in [-0.4, -0.2) is 35.8 Å². The minimum atomic E-state index is 0.119. The zero-order chi connectivity index (χ0) is 12.3. The first-order chi connectivity index (χ1) is 8.22. The Balaban J connectivity index is 1.96. The van der Waals surface area contributed by atoms with E-state index in [1.54, 1.807) is 25.0 Å². The number of aryl methyl sites for hydroxylation is 1. The van der Waals surface area contributed by atoms with Gasteiger partial charge < -0.3 is 10.1 Å². The second kappa shape index (κ2) is 5.31. The number of hydrogen-bond acceptors (Lipinski definition) is 4. The first-order valence-corrected chi connectivity index (χ1v) is 6.02. The van der Waals surface area contributed by atoms with Gasteiger partial charge in [0.1, 0.15) is 5.69 Å². The number of nitrogens with zero attached hydrogens (tertiary/aromatic N) is 2. The highest BCUT2D eigenvalue weighted by molar-refractivity contribution is 5.96. The van der Waals surface area contributed by atoms with Crippen molar-refractivity contribution in [2.45, 2.75) is 19.3 Å². The lowest BCUT2D eigenvalue weighted by Crippen LogP contribution is -2.12. The van der Waals surface area contributed by atoms with Gasteiger partial charge in [-0.05, 0) is 31.8 Å². The van der Waals surface area contributed by atoms with Gasteiger partial charge in [-0.1, -0.05) is 0 Å². The highest BCUT2D eigenvalue weighted by atomic mass is 16.5. The normalized spacial score (nSPS) is 19.5. The number of ketones is 1. The summed E-state index contributed by atoms with van der Waals surface area (Å²) in [6, 6.07) is 0. The van der Waals surface area contributed by atoms with Crippen molar-refractivity contribution in [3.8, 4) is 5.75 Å². The fourth-order valence-corrected chi connectivity index (χ4v) is 2.30. The van der Waals surface area contributed by atoms with Gasteiger partial charge >= 0.3 is 0 Å². The summed E-state index contributed by atoms with van der Waals surface area (Å²) in [5.41, 5.74) is 0.582. The van der Waals surface area contributed by atoms with E-state index in [1.165, 1.54) is 6.42 Å². The predicted molar refractivity (Wildman–Crippen MR) is 64.3 cm³/mol. The third-order valence-corrected chi connectivity index (χ3v) is 3.33. The van der Waals surface area contributed by atoms with E-state index in [0.717, 1.165) is 19.5 Å². The quantitative estimate of drug-likeness (QED) is 0.776. The molecule has 0 saturated carbocycles. The van der Waals surface area contributed by atoms with Crippen molar-refractivity contribution in [2.75, 3.05) is 20.2 Å². The van der Waals surface area contributed by atoms with E-state index in [2.05, 4.69) is 10.4 Å². The molecular formula is C12H19N3O2. The van der Waals surface area contributed by atoms with Crippen LogP contribution >= 0.6 is 0 Å². The minimum Gasteiger partial charge on any atom is -0.493 e. The van der Waals surface area contributed by atoms with Crippen LogP contribution in [0.1, 0.15) is 29.8 Å². The Morgan fingerprint density at radius 3 is 3.18 bits per heavy atom. The van der Waals surface area contributed by atoms with Gasteiger partial charge in [-0.15, -0.1) is 0 Å². The van der Waals surface area contributed by atoms with E-state index in [9.17, 15) is 4.79 Å². The van der Waals surface area contributed by atoms with Gasteiger partial charge in [0.05, 0.1) is 13.3 Å². The first-order valence-electron chi connectivity index (χ1n) is 6.02. The maximum absolute atomic E-state index is 12.1. The lowest BCUT2D eigenvalue weighted by atomic mass is 10.00. The second-order valence-electron chi connectivity index (χ2n) is 4.51. The van der Waals surface area contributed by atoms with Crippen molar-refractivity contribution in [2.24, 2.45) is 13.0 Å². The number of hydrogen-bond donors (Lipinski definition) is 1. The van der Waals surface area contributed by atoms with Crippen molar-refractivity contribution in [3.05, 3.63) is 11.9 Å². The molecule has 0 spiro atoms. The number of ether oxygens (including phenoxy) is 1. The molecule has 0 aromatic carbocycles. The number of carbonyl (C=O) groups is 1. The Morgan fingerprint density at radius 1 is 1.71 bits per heavy atom. The van der Waals surface area contributed by atoms with Crippen LogP contribution in [0.25, 0.3) is 0 Å². The molecule has 1 saturated heterocycles. The van der Waals surface area contributed by atoms with Crippen molar-refractivity contribution in [1.82, 2.24) is 15.1 Å². The van der Waals surface area contributed by atoms with Gasteiger partial charge in [0.2, 0.25) is 0 Å². The molecule has 1 aliphatic rings. The Bertz CT molecular complexity index is 394. The largest absolute Gasteiger partial charge is 0.493 e. The molecule has 1 aliphatic heterocycles. The van der Waals surface area contributed by atoms with Crippen molar-refractivity contribution in [3.63, 3.8) is 0 Å². The molecule has 17 heavy (non-hydrogen) atoms. The lowest BCUT2D eigenvalue weighted by molar-refractivity contribution is 0.0962. The SMILES string of the molecule is COc1cnn(C)c1C(=O)CCC1CCNC1. The van der Waals surface area contributed by atoms with Gasteiger partial charge in [-0.2, -0.15) is 5.10 Å². The van der Waals surface area contributed by atoms with Crippen LogP contribution in [0.3, 0.4) is 0 Å². The second-order valence-corrected chi connectivity index (χ2v) is 4.51. The minimum absolute atomic E-state index is 0.119. The molecule has 1 aromatic rings. The molecule has 1 atom stereocenters. The van der Waals surface area contributed by atoms with E-state index in [4.69, 9.17) is 4.74 Å². The third kappa shape index (κ3) is 2.66.